The fraction of sp³-hybridized carbons (Fsp3) is 0.111. The molecule has 0 amide bonds. The van der Waals surface area contributed by atoms with Gasteiger partial charge in [-0.25, -0.2) is 9.97 Å². The van der Waals surface area contributed by atoms with E-state index in [2.05, 4.69) is 39.5 Å². The van der Waals surface area contributed by atoms with Crippen molar-refractivity contribution in [2.75, 3.05) is 0 Å². The average Bonchev–Trinajstić information content (AvgIpc) is 2.12. The first kappa shape index (κ1) is 7.91. The lowest BCUT2D eigenvalue weighted by molar-refractivity contribution is 1.25. The molecule has 2 nitrogen and oxygen atoms in total. The minimum Gasteiger partial charge on any atom is -0.237 e. The molecule has 60 valence electrons. The first-order valence-electron chi connectivity index (χ1n) is 3.65. The number of fused-ring (bicyclic) bond motifs is 1. The summed E-state index contributed by atoms with van der Waals surface area (Å²) in [6, 6.07) is 3.99. The Morgan fingerprint density at radius 1 is 1.33 bits per heavy atom. The molecular formula is C9H7IN2. The number of pyridine rings is 2. The fourth-order valence-corrected chi connectivity index (χ4v) is 1.57. The van der Waals surface area contributed by atoms with E-state index in [4.69, 9.17) is 0 Å². The molecule has 2 aromatic heterocycles. The van der Waals surface area contributed by atoms with E-state index < -0.39 is 0 Å². The molecule has 0 N–H and O–H groups in total. The van der Waals surface area contributed by atoms with Gasteiger partial charge in [0, 0.05) is 21.4 Å². The van der Waals surface area contributed by atoms with Crippen molar-refractivity contribution < 1.29 is 0 Å². The number of halogens is 1. The van der Waals surface area contributed by atoms with Gasteiger partial charge in [-0.05, 0) is 47.2 Å². The Kier molecular flexibility index (Phi) is 1.96. The van der Waals surface area contributed by atoms with Gasteiger partial charge in [-0.15, -0.1) is 0 Å². The minimum atomic E-state index is 0.829. The van der Waals surface area contributed by atoms with Crippen molar-refractivity contribution in [3.63, 3.8) is 0 Å². The Hall–Kier alpha value is -0.710. The number of aromatic nitrogens is 2. The molecule has 0 unspecified atom stereocenters. The number of aryl methyl sites for hydroxylation is 1. The summed E-state index contributed by atoms with van der Waals surface area (Å²) in [5, 5.41) is 1.14. The van der Waals surface area contributed by atoms with Crippen molar-refractivity contribution in [3.05, 3.63) is 33.7 Å². The van der Waals surface area contributed by atoms with E-state index >= 15 is 0 Å². The molecule has 0 aliphatic carbocycles. The number of hydrogen-bond acceptors (Lipinski definition) is 2. The second-order valence-electron chi connectivity index (χ2n) is 2.61. The maximum absolute atomic E-state index is 4.22. The van der Waals surface area contributed by atoms with Crippen molar-refractivity contribution in [1.29, 1.82) is 0 Å². The smallest absolute Gasteiger partial charge is 0.159 e. The van der Waals surface area contributed by atoms with Crippen molar-refractivity contribution in [2.45, 2.75) is 6.92 Å². The predicted octanol–water partition coefficient (Wildman–Crippen LogP) is 2.54. The van der Waals surface area contributed by atoms with Crippen LogP contribution in [0.4, 0.5) is 0 Å². The fourth-order valence-electron chi connectivity index (χ4n) is 1.14. The summed E-state index contributed by atoms with van der Waals surface area (Å²) in [6.45, 7) is 2.09. The van der Waals surface area contributed by atoms with E-state index in [1.54, 1.807) is 6.20 Å². The highest BCUT2D eigenvalue weighted by molar-refractivity contribution is 14.1. The molecule has 0 atom stereocenters. The number of hydrogen-bond donors (Lipinski definition) is 0. The quantitative estimate of drug-likeness (QED) is 0.687. The molecule has 0 spiro atoms. The van der Waals surface area contributed by atoms with Crippen LogP contribution in [0.25, 0.3) is 11.0 Å². The van der Waals surface area contributed by atoms with Crippen LogP contribution in [0.2, 0.25) is 0 Å². The van der Waals surface area contributed by atoms with E-state index in [1.165, 1.54) is 9.13 Å². The van der Waals surface area contributed by atoms with Crippen LogP contribution in [0, 0.1) is 10.5 Å². The van der Waals surface area contributed by atoms with Gasteiger partial charge in [-0.3, -0.25) is 0 Å². The maximum atomic E-state index is 4.22. The normalized spacial score (nSPS) is 10.5. The molecule has 0 aliphatic rings. The minimum absolute atomic E-state index is 0.829. The van der Waals surface area contributed by atoms with Crippen molar-refractivity contribution >= 4 is 33.6 Å². The van der Waals surface area contributed by atoms with Gasteiger partial charge in [0.05, 0.1) is 0 Å². The molecule has 2 aromatic rings. The van der Waals surface area contributed by atoms with E-state index in [1.807, 2.05) is 18.3 Å². The molecule has 0 radical (unpaired) electrons. The summed E-state index contributed by atoms with van der Waals surface area (Å²) in [6.07, 6.45) is 3.62. The van der Waals surface area contributed by atoms with Crippen LogP contribution in [0.3, 0.4) is 0 Å². The summed E-state index contributed by atoms with van der Waals surface area (Å²) in [5.41, 5.74) is 2.09. The predicted molar refractivity (Wildman–Crippen MR) is 57.0 cm³/mol. The Bertz CT molecular complexity index is 426. The van der Waals surface area contributed by atoms with E-state index in [0.717, 1.165) is 11.0 Å². The van der Waals surface area contributed by atoms with Gasteiger partial charge in [-0.1, -0.05) is 0 Å². The molecule has 2 heterocycles. The molecule has 0 saturated carbocycles. The van der Waals surface area contributed by atoms with Crippen LogP contribution in [0.5, 0.6) is 0 Å². The second kappa shape index (κ2) is 2.97. The van der Waals surface area contributed by atoms with Gasteiger partial charge in [-0.2, -0.15) is 0 Å². The summed E-state index contributed by atoms with van der Waals surface area (Å²) in [7, 11) is 0. The standard InChI is InChI=1S/C9H7IN2/c1-6-7-3-2-4-11-9(7)12-5-8(6)10/h2-5H,1H3. The topological polar surface area (TPSA) is 25.8 Å². The summed E-state index contributed by atoms with van der Waals surface area (Å²) in [4.78, 5) is 8.39. The van der Waals surface area contributed by atoms with E-state index in [0.29, 0.717) is 0 Å². The average molecular weight is 270 g/mol. The Balaban J connectivity index is 2.91. The third-order valence-electron chi connectivity index (χ3n) is 1.85. The van der Waals surface area contributed by atoms with Crippen LogP contribution < -0.4 is 0 Å². The molecule has 2 rings (SSSR count). The molecule has 0 saturated heterocycles. The Morgan fingerprint density at radius 3 is 3.00 bits per heavy atom. The summed E-state index contributed by atoms with van der Waals surface area (Å²) in [5.74, 6) is 0. The summed E-state index contributed by atoms with van der Waals surface area (Å²) >= 11 is 2.28. The van der Waals surface area contributed by atoms with Crippen LogP contribution in [-0.4, -0.2) is 9.97 Å². The van der Waals surface area contributed by atoms with Gasteiger partial charge in [0.15, 0.2) is 5.65 Å². The van der Waals surface area contributed by atoms with Gasteiger partial charge >= 0.3 is 0 Å². The number of nitrogens with zero attached hydrogens (tertiary/aromatic N) is 2. The number of rotatable bonds is 0. The monoisotopic (exact) mass is 270 g/mol. The Morgan fingerprint density at radius 2 is 2.17 bits per heavy atom. The Labute approximate surface area is 84.2 Å². The van der Waals surface area contributed by atoms with Gasteiger partial charge in [0.1, 0.15) is 0 Å². The third-order valence-corrected chi connectivity index (χ3v) is 2.94. The van der Waals surface area contributed by atoms with Crippen LogP contribution in [-0.2, 0) is 0 Å². The van der Waals surface area contributed by atoms with Crippen LogP contribution in [0.15, 0.2) is 24.5 Å². The largest absolute Gasteiger partial charge is 0.237 e. The third kappa shape index (κ3) is 1.18. The highest BCUT2D eigenvalue weighted by atomic mass is 127. The van der Waals surface area contributed by atoms with E-state index in [-0.39, 0.29) is 0 Å². The second-order valence-corrected chi connectivity index (χ2v) is 3.77. The highest BCUT2D eigenvalue weighted by Crippen LogP contribution is 2.18. The first-order valence-corrected chi connectivity index (χ1v) is 4.73. The van der Waals surface area contributed by atoms with Crippen LogP contribution in [0.1, 0.15) is 5.56 Å². The van der Waals surface area contributed by atoms with Gasteiger partial charge in [0.2, 0.25) is 0 Å². The zero-order valence-electron chi connectivity index (χ0n) is 6.58. The molecule has 0 aliphatic heterocycles. The highest BCUT2D eigenvalue weighted by Gasteiger charge is 2.01. The van der Waals surface area contributed by atoms with E-state index in [9.17, 15) is 0 Å². The molecular weight excluding hydrogens is 263 g/mol. The van der Waals surface area contributed by atoms with Gasteiger partial charge < -0.3 is 0 Å². The maximum Gasteiger partial charge on any atom is 0.159 e. The molecule has 0 bridgehead atoms. The van der Waals surface area contributed by atoms with Crippen molar-refractivity contribution in [3.8, 4) is 0 Å². The van der Waals surface area contributed by atoms with Crippen LogP contribution >= 0.6 is 22.6 Å². The molecule has 0 fully saturated rings. The summed E-state index contributed by atoms with van der Waals surface area (Å²) < 4.78 is 1.19. The lowest BCUT2D eigenvalue weighted by atomic mass is 10.2. The van der Waals surface area contributed by atoms with Crippen molar-refractivity contribution in [2.24, 2.45) is 0 Å². The van der Waals surface area contributed by atoms with Crippen molar-refractivity contribution in [1.82, 2.24) is 9.97 Å². The zero-order valence-corrected chi connectivity index (χ0v) is 8.74. The lowest BCUT2D eigenvalue weighted by Crippen LogP contribution is -1.88. The SMILES string of the molecule is Cc1c(I)cnc2ncccc12. The molecule has 0 aromatic carbocycles. The molecule has 3 heteroatoms. The lowest BCUT2D eigenvalue weighted by Gasteiger charge is -2.01. The first-order chi connectivity index (χ1) is 5.79. The zero-order chi connectivity index (χ0) is 8.55. The molecule has 12 heavy (non-hydrogen) atoms. The van der Waals surface area contributed by atoms with Gasteiger partial charge in [0.25, 0.3) is 0 Å².